The summed E-state index contributed by atoms with van der Waals surface area (Å²) in [7, 11) is 0. The van der Waals surface area contributed by atoms with Gasteiger partial charge in [-0.05, 0) is 24.6 Å². The molecule has 2 N–H and O–H groups in total. The molecule has 0 heterocycles. The van der Waals surface area contributed by atoms with Gasteiger partial charge >= 0.3 is 6.18 Å². The fourth-order valence-corrected chi connectivity index (χ4v) is 1.64. The number of halogens is 4. The molecule has 0 saturated carbocycles. The molecular weight excluding hydrogens is 299 g/mol. The molecule has 6 heteroatoms. The largest absolute Gasteiger partial charge is 0.418 e. The summed E-state index contributed by atoms with van der Waals surface area (Å²) in [6.07, 6.45) is -4.58. The molecule has 0 fully saturated rings. The van der Waals surface area contributed by atoms with Crippen LogP contribution < -0.4 is 5.32 Å². The Bertz CT molecular complexity index is 381. The Kier molecular flexibility index (Phi) is 4.82. The van der Waals surface area contributed by atoms with Crippen molar-refractivity contribution in [1.82, 2.24) is 0 Å². The zero-order chi connectivity index (χ0) is 13.1. The molecule has 17 heavy (non-hydrogen) atoms. The van der Waals surface area contributed by atoms with Gasteiger partial charge in [-0.25, -0.2) is 0 Å². The number of alkyl halides is 3. The summed E-state index contributed by atoms with van der Waals surface area (Å²) in [6.45, 7) is 1.86. The highest BCUT2D eigenvalue weighted by atomic mass is 79.9. The quantitative estimate of drug-likeness (QED) is 0.889. The molecule has 1 aromatic carbocycles. The van der Waals surface area contributed by atoms with Crippen molar-refractivity contribution in [2.24, 2.45) is 0 Å². The van der Waals surface area contributed by atoms with Crippen molar-refractivity contribution in [2.45, 2.75) is 25.6 Å². The van der Waals surface area contributed by atoms with Gasteiger partial charge in [-0.15, -0.1) is 0 Å². The lowest BCUT2D eigenvalue weighted by atomic mass is 10.1. The Morgan fingerprint density at radius 3 is 2.59 bits per heavy atom. The number of nitrogens with one attached hydrogen (secondary N) is 1. The second-order valence-electron chi connectivity index (χ2n) is 3.63. The van der Waals surface area contributed by atoms with Crippen LogP contribution in [0.15, 0.2) is 22.7 Å². The molecule has 0 radical (unpaired) electrons. The van der Waals surface area contributed by atoms with E-state index in [0.29, 0.717) is 10.9 Å². The first-order valence-electron chi connectivity index (χ1n) is 5.13. The third kappa shape index (κ3) is 4.20. The third-order valence-electron chi connectivity index (χ3n) is 2.29. The number of aliphatic hydroxyl groups is 1. The van der Waals surface area contributed by atoms with Crippen LogP contribution in [0.4, 0.5) is 18.9 Å². The zero-order valence-corrected chi connectivity index (χ0v) is 10.8. The molecule has 0 aliphatic rings. The fraction of sp³-hybridized carbons (Fsp3) is 0.455. The molecule has 1 atom stereocenters. The van der Waals surface area contributed by atoms with E-state index in [1.165, 1.54) is 12.1 Å². The van der Waals surface area contributed by atoms with E-state index in [4.69, 9.17) is 0 Å². The van der Waals surface area contributed by atoms with Crippen molar-refractivity contribution in [2.75, 3.05) is 11.9 Å². The number of anilines is 1. The second kappa shape index (κ2) is 5.73. The van der Waals surface area contributed by atoms with Crippen molar-refractivity contribution in [1.29, 1.82) is 0 Å². The summed E-state index contributed by atoms with van der Waals surface area (Å²) >= 11 is 3.01. The highest BCUT2D eigenvalue weighted by Crippen LogP contribution is 2.36. The number of rotatable bonds is 4. The summed E-state index contributed by atoms with van der Waals surface area (Å²) < 4.78 is 38.5. The Hall–Kier alpha value is -0.750. The highest BCUT2D eigenvalue weighted by molar-refractivity contribution is 9.10. The first-order chi connectivity index (χ1) is 7.84. The first kappa shape index (κ1) is 14.3. The lowest BCUT2D eigenvalue weighted by molar-refractivity contribution is -0.137. The van der Waals surface area contributed by atoms with E-state index >= 15 is 0 Å². The van der Waals surface area contributed by atoms with E-state index in [0.717, 1.165) is 6.07 Å². The maximum atomic E-state index is 12.7. The molecule has 0 amide bonds. The Morgan fingerprint density at radius 2 is 2.06 bits per heavy atom. The van der Waals surface area contributed by atoms with Crippen LogP contribution in [0.3, 0.4) is 0 Å². The minimum Gasteiger partial charge on any atom is -0.391 e. The summed E-state index contributed by atoms with van der Waals surface area (Å²) in [4.78, 5) is 0. The molecular formula is C11H13BrF3NO. The number of benzene rings is 1. The minimum absolute atomic E-state index is 0.0202. The Labute approximate surface area is 106 Å². The van der Waals surface area contributed by atoms with Crippen molar-refractivity contribution < 1.29 is 18.3 Å². The molecule has 0 saturated heterocycles. The maximum Gasteiger partial charge on any atom is 0.418 e. The maximum absolute atomic E-state index is 12.7. The predicted molar refractivity (Wildman–Crippen MR) is 63.9 cm³/mol. The number of hydrogen-bond acceptors (Lipinski definition) is 2. The van der Waals surface area contributed by atoms with Crippen LogP contribution in [0.2, 0.25) is 0 Å². The molecule has 96 valence electrons. The molecule has 1 unspecified atom stereocenters. The van der Waals surface area contributed by atoms with E-state index in [2.05, 4.69) is 21.2 Å². The Morgan fingerprint density at radius 1 is 1.41 bits per heavy atom. The summed E-state index contributed by atoms with van der Waals surface area (Å²) in [5.41, 5.74) is -0.761. The van der Waals surface area contributed by atoms with Crippen LogP contribution >= 0.6 is 15.9 Å². The first-order valence-corrected chi connectivity index (χ1v) is 5.92. The molecule has 2 nitrogen and oxygen atoms in total. The molecule has 0 aliphatic heterocycles. The molecule has 0 aromatic heterocycles. The number of hydrogen-bond donors (Lipinski definition) is 2. The van der Waals surface area contributed by atoms with Crippen molar-refractivity contribution in [3.63, 3.8) is 0 Å². The van der Waals surface area contributed by atoms with E-state index in [-0.39, 0.29) is 12.2 Å². The summed E-state index contributed by atoms with van der Waals surface area (Å²) in [6, 6.07) is 3.88. The smallest absolute Gasteiger partial charge is 0.391 e. The van der Waals surface area contributed by atoms with Crippen LogP contribution in [0, 0.1) is 0 Å². The van der Waals surface area contributed by atoms with Gasteiger partial charge in [0.1, 0.15) is 0 Å². The molecule has 0 aliphatic carbocycles. The van der Waals surface area contributed by atoms with Gasteiger partial charge < -0.3 is 10.4 Å². The van der Waals surface area contributed by atoms with E-state index in [9.17, 15) is 18.3 Å². The van der Waals surface area contributed by atoms with Gasteiger partial charge in [0.2, 0.25) is 0 Å². The zero-order valence-electron chi connectivity index (χ0n) is 9.18. The summed E-state index contributed by atoms with van der Waals surface area (Å²) in [5, 5.41) is 11.9. The van der Waals surface area contributed by atoms with Gasteiger partial charge in [-0.1, -0.05) is 22.9 Å². The van der Waals surface area contributed by atoms with Crippen LogP contribution in [-0.4, -0.2) is 17.8 Å². The van der Waals surface area contributed by atoms with E-state index in [1.807, 2.05) is 0 Å². The molecule has 1 aromatic rings. The van der Waals surface area contributed by atoms with Gasteiger partial charge in [-0.3, -0.25) is 0 Å². The monoisotopic (exact) mass is 311 g/mol. The Balaban J connectivity index is 2.91. The third-order valence-corrected chi connectivity index (χ3v) is 2.78. The topological polar surface area (TPSA) is 32.3 Å². The van der Waals surface area contributed by atoms with Gasteiger partial charge in [0.05, 0.1) is 11.7 Å². The van der Waals surface area contributed by atoms with Crippen LogP contribution in [-0.2, 0) is 6.18 Å². The molecule has 0 spiro atoms. The van der Waals surface area contributed by atoms with Gasteiger partial charge in [-0.2, -0.15) is 13.2 Å². The van der Waals surface area contributed by atoms with Crippen LogP contribution in [0.1, 0.15) is 18.9 Å². The highest BCUT2D eigenvalue weighted by Gasteiger charge is 2.33. The number of aliphatic hydroxyl groups excluding tert-OH is 1. The minimum atomic E-state index is -4.41. The average Bonchev–Trinajstić information content (AvgIpc) is 2.25. The normalized spacial score (nSPS) is 13.5. The van der Waals surface area contributed by atoms with Crippen LogP contribution in [0.5, 0.6) is 0 Å². The standard InChI is InChI=1S/C11H13BrF3NO/c1-2-8(17)6-16-10-4-3-7(12)5-9(10)11(13,14)15/h3-5,8,16-17H,2,6H2,1H3. The van der Waals surface area contributed by atoms with Crippen molar-refractivity contribution in [3.05, 3.63) is 28.2 Å². The average molecular weight is 312 g/mol. The summed E-state index contributed by atoms with van der Waals surface area (Å²) in [5.74, 6) is 0. The molecule has 1 rings (SSSR count). The predicted octanol–water partition coefficient (Wildman–Crippen LogP) is 3.65. The van der Waals surface area contributed by atoms with Crippen molar-refractivity contribution in [3.8, 4) is 0 Å². The van der Waals surface area contributed by atoms with E-state index in [1.54, 1.807) is 6.92 Å². The van der Waals surface area contributed by atoms with Crippen molar-refractivity contribution >= 4 is 21.6 Å². The molecule has 0 bridgehead atoms. The van der Waals surface area contributed by atoms with Gasteiger partial charge in [0.25, 0.3) is 0 Å². The SMILES string of the molecule is CCC(O)CNc1ccc(Br)cc1C(F)(F)F. The van der Waals surface area contributed by atoms with Crippen LogP contribution in [0.25, 0.3) is 0 Å². The van der Waals surface area contributed by atoms with Gasteiger partial charge in [0.15, 0.2) is 0 Å². The lowest BCUT2D eigenvalue weighted by Crippen LogP contribution is -2.20. The second-order valence-corrected chi connectivity index (χ2v) is 4.55. The van der Waals surface area contributed by atoms with E-state index < -0.39 is 17.8 Å². The fourth-order valence-electron chi connectivity index (χ4n) is 1.28. The lowest BCUT2D eigenvalue weighted by Gasteiger charge is -2.16. The van der Waals surface area contributed by atoms with Gasteiger partial charge in [0, 0.05) is 16.7 Å².